The summed E-state index contributed by atoms with van der Waals surface area (Å²) < 4.78 is 17.2. The van der Waals surface area contributed by atoms with Gasteiger partial charge < -0.3 is 14.2 Å². The zero-order chi connectivity index (χ0) is 20.9. The van der Waals surface area contributed by atoms with Crippen LogP contribution in [-0.4, -0.2) is 20.0 Å². The highest BCUT2D eigenvalue weighted by Gasteiger charge is 2.22. The number of carbonyl (C=O) groups excluding carboxylic acids is 1. The fraction of sp³-hybridized carbons (Fsp3) is 0.115. The molecule has 4 aromatic carbocycles. The minimum Gasteiger partial charge on any atom is -0.496 e. The summed E-state index contributed by atoms with van der Waals surface area (Å²) in [4.78, 5) is 13.6. The lowest BCUT2D eigenvalue weighted by Crippen LogP contribution is -2.08. The van der Waals surface area contributed by atoms with Crippen LogP contribution in [0.2, 0.25) is 0 Å². The zero-order valence-corrected chi connectivity index (χ0v) is 16.9. The minimum atomic E-state index is -0.181. The molecule has 0 saturated carbocycles. The average molecular weight is 398 g/mol. The van der Waals surface area contributed by atoms with E-state index in [0.29, 0.717) is 35.0 Å². The summed E-state index contributed by atoms with van der Waals surface area (Å²) >= 11 is 0. The number of carbonyl (C=O) groups is 1. The molecule has 0 aliphatic rings. The Morgan fingerprint density at radius 2 is 1.37 bits per heavy atom. The maximum atomic E-state index is 13.6. The predicted molar refractivity (Wildman–Crippen MR) is 118 cm³/mol. The Morgan fingerprint density at radius 1 is 0.700 bits per heavy atom. The van der Waals surface area contributed by atoms with Crippen molar-refractivity contribution in [3.8, 4) is 17.2 Å². The molecule has 0 unspecified atom stereocenters. The van der Waals surface area contributed by atoms with Crippen LogP contribution >= 0.6 is 0 Å². The number of para-hydroxylation sites is 1. The van der Waals surface area contributed by atoms with E-state index in [1.54, 1.807) is 32.4 Å². The SMILES string of the molecule is COc1cc(C(=O)c2ccccc2OCc2ccccc2)c(OC)c2ccccc12. The van der Waals surface area contributed by atoms with Gasteiger partial charge in [0, 0.05) is 10.8 Å². The van der Waals surface area contributed by atoms with Crippen molar-refractivity contribution < 1.29 is 19.0 Å². The van der Waals surface area contributed by atoms with Gasteiger partial charge in [-0.05, 0) is 23.8 Å². The molecule has 4 nitrogen and oxygen atoms in total. The van der Waals surface area contributed by atoms with E-state index in [9.17, 15) is 4.79 Å². The molecular weight excluding hydrogens is 376 g/mol. The molecule has 0 amide bonds. The van der Waals surface area contributed by atoms with Gasteiger partial charge in [0.1, 0.15) is 23.9 Å². The smallest absolute Gasteiger partial charge is 0.200 e. The zero-order valence-electron chi connectivity index (χ0n) is 16.9. The Balaban J connectivity index is 1.76. The van der Waals surface area contributed by atoms with Crippen molar-refractivity contribution in [2.75, 3.05) is 14.2 Å². The number of ether oxygens (including phenoxy) is 3. The van der Waals surface area contributed by atoms with Gasteiger partial charge in [-0.1, -0.05) is 66.7 Å². The molecule has 30 heavy (non-hydrogen) atoms. The Bertz CT molecular complexity index is 1180. The van der Waals surface area contributed by atoms with Gasteiger partial charge in [-0.15, -0.1) is 0 Å². The van der Waals surface area contributed by atoms with Crippen LogP contribution in [0.3, 0.4) is 0 Å². The molecule has 0 radical (unpaired) electrons. The van der Waals surface area contributed by atoms with Crippen LogP contribution in [-0.2, 0) is 6.61 Å². The van der Waals surface area contributed by atoms with Crippen molar-refractivity contribution >= 4 is 16.6 Å². The summed E-state index contributed by atoms with van der Waals surface area (Å²) in [5.41, 5.74) is 1.94. The molecule has 4 heteroatoms. The summed E-state index contributed by atoms with van der Waals surface area (Å²) in [6.45, 7) is 0.378. The van der Waals surface area contributed by atoms with Gasteiger partial charge in [-0.2, -0.15) is 0 Å². The highest BCUT2D eigenvalue weighted by Crippen LogP contribution is 2.38. The largest absolute Gasteiger partial charge is 0.496 e. The molecule has 0 aromatic heterocycles. The van der Waals surface area contributed by atoms with E-state index in [4.69, 9.17) is 14.2 Å². The molecular formula is C26H22O4. The van der Waals surface area contributed by atoms with E-state index in [2.05, 4.69) is 0 Å². The maximum Gasteiger partial charge on any atom is 0.200 e. The highest BCUT2D eigenvalue weighted by molar-refractivity contribution is 6.16. The summed E-state index contributed by atoms with van der Waals surface area (Å²) in [6, 6.07) is 26.6. The van der Waals surface area contributed by atoms with Crippen LogP contribution in [0, 0.1) is 0 Å². The Labute approximate surface area is 175 Å². The minimum absolute atomic E-state index is 0.181. The van der Waals surface area contributed by atoms with Gasteiger partial charge in [-0.25, -0.2) is 0 Å². The fourth-order valence-corrected chi connectivity index (χ4v) is 3.53. The van der Waals surface area contributed by atoms with E-state index >= 15 is 0 Å². The van der Waals surface area contributed by atoms with E-state index in [0.717, 1.165) is 16.3 Å². The molecule has 0 heterocycles. The van der Waals surface area contributed by atoms with Crippen molar-refractivity contribution in [3.63, 3.8) is 0 Å². The average Bonchev–Trinajstić information content (AvgIpc) is 2.82. The molecule has 0 fully saturated rings. The van der Waals surface area contributed by atoms with E-state index < -0.39 is 0 Å². The molecule has 0 bridgehead atoms. The normalized spacial score (nSPS) is 10.6. The topological polar surface area (TPSA) is 44.8 Å². The van der Waals surface area contributed by atoms with Gasteiger partial charge in [0.2, 0.25) is 5.78 Å². The van der Waals surface area contributed by atoms with Gasteiger partial charge in [0.05, 0.1) is 25.3 Å². The second-order valence-corrected chi connectivity index (χ2v) is 6.80. The Kier molecular flexibility index (Phi) is 5.66. The number of methoxy groups -OCH3 is 2. The molecule has 0 aliphatic heterocycles. The van der Waals surface area contributed by atoms with Crippen molar-refractivity contribution in [1.29, 1.82) is 0 Å². The Hall–Kier alpha value is -3.79. The third kappa shape index (κ3) is 3.72. The van der Waals surface area contributed by atoms with Crippen LogP contribution in [0.4, 0.5) is 0 Å². The number of ketones is 1. The third-order valence-electron chi connectivity index (χ3n) is 4.99. The van der Waals surface area contributed by atoms with E-state index in [1.807, 2.05) is 66.7 Å². The lowest BCUT2D eigenvalue weighted by Gasteiger charge is -2.16. The van der Waals surface area contributed by atoms with Crippen LogP contribution < -0.4 is 14.2 Å². The summed E-state index contributed by atoms with van der Waals surface area (Å²) in [5, 5.41) is 1.72. The van der Waals surface area contributed by atoms with Gasteiger partial charge in [-0.3, -0.25) is 4.79 Å². The Morgan fingerprint density at radius 3 is 2.10 bits per heavy atom. The van der Waals surface area contributed by atoms with Crippen LogP contribution in [0.25, 0.3) is 10.8 Å². The number of fused-ring (bicyclic) bond motifs is 1. The molecule has 0 spiro atoms. The van der Waals surface area contributed by atoms with Crippen LogP contribution in [0.15, 0.2) is 84.9 Å². The number of benzene rings is 4. The third-order valence-corrected chi connectivity index (χ3v) is 4.99. The standard InChI is InChI=1S/C26H22O4/c1-28-24-16-22(26(29-2)20-13-7-6-12-19(20)24)25(27)21-14-8-9-15-23(21)30-17-18-10-4-3-5-11-18/h3-16H,17H2,1-2H3. The van der Waals surface area contributed by atoms with Crippen molar-refractivity contribution in [1.82, 2.24) is 0 Å². The first kappa shape index (κ1) is 19.5. The number of hydrogen-bond donors (Lipinski definition) is 0. The molecule has 4 rings (SSSR count). The predicted octanol–water partition coefficient (Wildman–Crippen LogP) is 5.67. The quantitative estimate of drug-likeness (QED) is 0.377. The first-order valence-electron chi connectivity index (χ1n) is 9.67. The summed E-state index contributed by atoms with van der Waals surface area (Å²) in [6.07, 6.45) is 0. The van der Waals surface area contributed by atoms with E-state index in [-0.39, 0.29) is 5.78 Å². The highest BCUT2D eigenvalue weighted by atomic mass is 16.5. The number of rotatable bonds is 7. The van der Waals surface area contributed by atoms with Crippen molar-refractivity contribution in [2.24, 2.45) is 0 Å². The summed E-state index contributed by atoms with van der Waals surface area (Å²) in [5.74, 6) is 1.49. The van der Waals surface area contributed by atoms with Crippen LogP contribution in [0.5, 0.6) is 17.2 Å². The molecule has 0 N–H and O–H groups in total. The van der Waals surface area contributed by atoms with Gasteiger partial charge in [0.25, 0.3) is 0 Å². The molecule has 0 atom stereocenters. The molecule has 0 aliphatic carbocycles. The second-order valence-electron chi connectivity index (χ2n) is 6.80. The van der Waals surface area contributed by atoms with Crippen LogP contribution in [0.1, 0.15) is 21.5 Å². The second kappa shape index (κ2) is 8.70. The van der Waals surface area contributed by atoms with Gasteiger partial charge >= 0.3 is 0 Å². The first-order valence-corrected chi connectivity index (χ1v) is 9.67. The van der Waals surface area contributed by atoms with Gasteiger partial charge in [0.15, 0.2) is 0 Å². The maximum absolute atomic E-state index is 13.6. The van der Waals surface area contributed by atoms with Crippen molar-refractivity contribution in [3.05, 3.63) is 102 Å². The van der Waals surface area contributed by atoms with Crippen molar-refractivity contribution in [2.45, 2.75) is 6.61 Å². The monoisotopic (exact) mass is 398 g/mol. The lowest BCUT2D eigenvalue weighted by molar-refractivity contribution is 0.103. The summed E-state index contributed by atoms with van der Waals surface area (Å²) in [7, 11) is 3.17. The molecule has 150 valence electrons. The first-order chi connectivity index (χ1) is 14.7. The lowest BCUT2D eigenvalue weighted by atomic mass is 9.97. The fourth-order valence-electron chi connectivity index (χ4n) is 3.53. The number of hydrogen-bond acceptors (Lipinski definition) is 4. The molecule has 0 saturated heterocycles. The van der Waals surface area contributed by atoms with E-state index in [1.165, 1.54) is 0 Å². The molecule has 4 aromatic rings.